The van der Waals surface area contributed by atoms with Gasteiger partial charge in [-0.05, 0) is 66.6 Å². The Hall–Kier alpha value is -7.48. The van der Waals surface area contributed by atoms with Gasteiger partial charge in [0.25, 0.3) is 5.91 Å². The predicted octanol–water partition coefficient (Wildman–Crippen LogP) is 8.65. The number of amides is 3. The van der Waals surface area contributed by atoms with Gasteiger partial charge in [0, 0.05) is 29.6 Å². The second kappa shape index (κ2) is 17.9. The number of ether oxygens (including phenoxy) is 2. The minimum absolute atomic E-state index is 0.0309. The number of carbonyl (C=O) groups is 4. The van der Waals surface area contributed by atoms with Gasteiger partial charge in [-0.25, -0.2) is 14.8 Å². The summed E-state index contributed by atoms with van der Waals surface area (Å²) in [4.78, 5) is 72.6. The van der Waals surface area contributed by atoms with Gasteiger partial charge in [-0.15, -0.1) is 0 Å². The zero-order chi connectivity index (χ0) is 43.5. The predicted molar refractivity (Wildman–Crippen MR) is 235 cm³/mol. The molecule has 2 aliphatic heterocycles. The zero-order valence-electron chi connectivity index (χ0n) is 35.0. The molecule has 5 heterocycles. The van der Waals surface area contributed by atoms with E-state index >= 15 is 0 Å². The lowest BCUT2D eigenvalue weighted by atomic mass is 9.94. The molecule has 0 unspecified atom stereocenters. The van der Waals surface area contributed by atoms with Crippen molar-refractivity contribution in [2.75, 3.05) is 27.3 Å². The first-order chi connectivity index (χ1) is 30.8. The summed E-state index contributed by atoms with van der Waals surface area (Å²) < 4.78 is 16.1. The van der Waals surface area contributed by atoms with Crippen molar-refractivity contribution in [2.24, 2.45) is 0 Å². The van der Waals surface area contributed by atoms with E-state index in [1.54, 1.807) is 17.3 Å². The normalized spacial score (nSPS) is 17.1. The van der Waals surface area contributed by atoms with Gasteiger partial charge in [-0.3, -0.25) is 14.4 Å². The summed E-state index contributed by atoms with van der Waals surface area (Å²) in [6.45, 7) is 1.12. The largest absolute Gasteiger partial charge is 0.469 e. The number of fused-ring (bicyclic) bond motifs is 1. The standard InChI is InChI=1S/C49H47N7O7/c1-61-43(57)27-36(30-11-5-3-6-12-30)47(58)55-23-9-15-39(55)45-50-28-37(52-45)31-17-19-32(20-18-31)42-26-35-25-34(21-22-41(35)63-42)38-29-51-46(53-38)40-16-10-24-56(40)48(59)44(54-49(60)62-2)33-13-7-4-8-14-33/h3-8,11-14,17-22,25-26,28-29,36,39-40,44H,9-10,15-16,23-24,27H2,1-2H3,(H,50,52)(H,51,53)(H,54,60)/t36-,39+,40+,44-/m1/s1. The number of nitrogens with zero attached hydrogens (tertiary/aromatic N) is 4. The van der Waals surface area contributed by atoms with E-state index < -0.39 is 24.0 Å². The third-order valence-corrected chi connectivity index (χ3v) is 12.1. The molecule has 2 fully saturated rings. The fourth-order valence-corrected chi connectivity index (χ4v) is 8.86. The molecule has 2 saturated heterocycles. The number of H-pyrrole nitrogens is 2. The Morgan fingerprint density at radius 1 is 0.698 bits per heavy atom. The van der Waals surface area contributed by atoms with Gasteiger partial charge in [-0.1, -0.05) is 84.9 Å². The molecule has 4 aromatic carbocycles. The monoisotopic (exact) mass is 845 g/mol. The number of hydrogen-bond acceptors (Lipinski definition) is 9. The van der Waals surface area contributed by atoms with Crippen LogP contribution in [0.4, 0.5) is 4.79 Å². The molecule has 9 rings (SSSR count). The molecule has 0 aliphatic carbocycles. The number of benzene rings is 4. The van der Waals surface area contributed by atoms with Crippen molar-refractivity contribution in [3.63, 3.8) is 0 Å². The van der Waals surface area contributed by atoms with Crippen LogP contribution in [0.1, 0.15) is 78.9 Å². The number of rotatable bonds is 12. The molecule has 0 bridgehead atoms. The van der Waals surface area contributed by atoms with Crippen molar-refractivity contribution < 1.29 is 33.1 Å². The number of hydrogen-bond donors (Lipinski definition) is 3. The number of furan rings is 1. The lowest BCUT2D eigenvalue weighted by Crippen LogP contribution is -2.42. The Morgan fingerprint density at radius 3 is 1.89 bits per heavy atom. The molecule has 4 atom stereocenters. The van der Waals surface area contributed by atoms with Crippen molar-refractivity contribution in [2.45, 2.75) is 56.1 Å². The summed E-state index contributed by atoms with van der Waals surface area (Å²) in [5.41, 5.74) is 6.60. The second-order valence-electron chi connectivity index (χ2n) is 15.9. The van der Waals surface area contributed by atoms with Crippen LogP contribution in [0.2, 0.25) is 0 Å². The van der Waals surface area contributed by atoms with Crippen LogP contribution in [0.3, 0.4) is 0 Å². The topological polar surface area (TPSA) is 176 Å². The first kappa shape index (κ1) is 40.9. The number of alkyl carbamates (subject to hydrolysis) is 1. The Kier molecular flexibility index (Phi) is 11.6. The number of nitrogens with one attached hydrogen (secondary N) is 3. The molecule has 0 radical (unpaired) electrons. The highest BCUT2D eigenvalue weighted by Gasteiger charge is 2.38. The van der Waals surface area contributed by atoms with Gasteiger partial charge >= 0.3 is 12.1 Å². The van der Waals surface area contributed by atoms with Crippen LogP contribution in [0.5, 0.6) is 0 Å². The summed E-state index contributed by atoms with van der Waals surface area (Å²) in [7, 11) is 2.62. The van der Waals surface area contributed by atoms with Crippen LogP contribution in [0, 0.1) is 0 Å². The van der Waals surface area contributed by atoms with Crippen molar-refractivity contribution in [1.29, 1.82) is 0 Å². The Morgan fingerprint density at radius 2 is 1.27 bits per heavy atom. The number of imidazole rings is 2. The van der Waals surface area contributed by atoms with Gasteiger partial charge < -0.3 is 39.0 Å². The number of aromatic nitrogens is 4. The van der Waals surface area contributed by atoms with Crippen molar-refractivity contribution in [3.8, 4) is 33.8 Å². The van der Waals surface area contributed by atoms with E-state index in [0.29, 0.717) is 30.3 Å². The average molecular weight is 846 g/mol. The van der Waals surface area contributed by atoms with E-state index in [4.69, 9.17) is 23.9 Å². The zero-order valence-corrected chi connectivity index (χ0v) is 35.0. The number of carbonyl (C=O) groups excluding carboxylic acids is 4. The van der Waals surface area contributed by atoms with Gasteiger partial charge in [0.1, 0.15) is 29.0 Å². The molecule has 3 N–H and O–H groups in total. The SMILES string of the molecule is COC(=O)C[C@@H](C(=O)N1CCC[C@H]1c1ncc(-c2ccc(-c3cc4cc(-c5cnc([C@@H]6CCCN6C(=O)[C@H](NC(=O)OC)c6ccccc6)[nH]5)ccc4o3)cc2)[nH]1)c1ccccc1. The van der Waals surface area contributed by atoms with E-state index in [9.17, 15) is 19.2 Å². The molecule has 3 amide bonds. The Labute approximate surface area is 363 Å². The molecule has 0 saturated carbocycles. The van der Waals surface area contributed by atoms with Crippen LogP contribution in [0.15, 0.2) is 126 Å². The molecule has 7 aromatic rings. The van der Waals surface area contributed by atoms with Crippen LogP contribution in [0.25, 0.3) is 44.8 Å². The molecule has 14 heteroatoms. The highest BCUT2D eigenvalue weighted by Crippen LogP contribution is 2.38. The molecular weight excluding hydrogens is 799 g/mol. The Bertz CT molecular complexity index is 2740. The number of aromatic amines is 2. The molecule has 3 aromatic heterocycles. The van der Waals surface area contributed by atoms with Crippen LogP contribution in [-0.4, -0.2) is 80.9 Å². The molecule has 0 spiro atoms. The number of methoxy groups -OCH3 is 2. The van der Waals surface area contributed by atoms with Crippen molar-refractivity contribution in [1.82, 2.24) is 35.1 Å². The van der Waals surface area contributed by atoms with Crippen molar-refractivity contribution >= 4 is 34.8 Å². The third kappa shape index (κ3) is 8.44. The maximum absolute atomic E-state index is 14.0. The summed E-state index contributed by atoms with van der Waals surface area (Å²) in [5.74, 6) is 0.701. The fraction of sp³-hybridized carbons (Fsp3) is 0.265. The van der Waals surface area contributed by atoms with Crippen LogP contribution < -0.4 is 5.32 Å². The highest BCUT2D eigenvalue weighted by atomic mass is 16.5. The van der Waals surface area contributed by atoms with Gasteiger partial charge in [0.2, 0.25) is 5.91 Å². The van der Waals surface area contributed by atoms with E-state index in [1.807, 2.05) is 108 Å². The Balaban J connectivity index is 0.884. The summed E-state index contributed by atoms with van der Waals surface area (Å²) >= 11 is 0. The fourth-order valence-electron chi connectivity index (χ4n) is 8.86. The molecule has 2 aliphatic rings. The quantitative estimate of drug-likeness (QED) is 0.102. The van der Waals surface area contributed by atoms with E-state index in [1.165, 1.54) is 14.2 Å². The third-order valence-electron chi connectivity index (χ3n) is 12.1. The van der Waals surface area contributed by atoms with Crippen molar-refractivity contribution in [3.05, 3.63) is 144 Å². The maximum atomic E-state index is 14.0. The van der Waals surface area contributed by atoms with Crippen LogP contribution in [-0.2, 0) is 23.9 Å². The van der Waals surface area contributed by atoms with Crippen LogP contribution >= 0.6 is 0 Å². The smallest absolute Gasteiger partial charge is 0.407 e. The first-order valence-electron chi connectivity index (χ1n) is 21.1. The van der Waals surface area contributed by atoms with Gasteiger partial charge in [-0.2, -0.15) is 0 Å². The minimum atomic E-state index is -0.895. The highest BCUT2D eigenvalue weighted by molar-refractivity contribution is 5.90. The molecule has 14 nitrogen and oxygen atoms in total. The van der Waals surface area contributed by atoms with E-state index in [-0.39, 0.29) is 30.3 Å². The first-order valence-corrected chi connectivity index (χ1v) is 21.1. The van der Waals surface area contributed by atoms with Gasteiger partial charge in [0.15, 0.2) is 0 Å². The molecule has 320 valence electrons. The number of likely N-dealkylation sites (tertiary alicyclic amines) is 2. The second-order valence-corrected chi connectivity index (χ2v) is 15.9. The summed E-state index contributed by atoms with van der Waals surface area (Å²) in [5, 5.41) is 3.64. The maximum Gasteiger partial charge on any atom is 0.407 e. The van der Waals surface area contributed by atoms with Gasteiger partial charge in [0.05, 0.1) is 62.4 Å². The summed E-state index contributed by atoms with van der Waals surface area (Å²) in [6.07, 6.45) is 6.01. The van der Waals surface area contributed by atoms with E-state index in [2.05, 4.69) is 21.4 Å². The molecule has 63 heavy (non-hydrogen) atoms. The average Bonchev–Trinajstić information content (AvgIpc) is 4.19. The summed E-state index contributed by atoms with van der Waals surface area (Å²) in [6, 6.07) is 33.2. The number of esters is 1. The lowest BCUT2D eigenvalue weighted by Gasteiger charge is -2.28. The molecular formula is C49H47N7O7. The van der Waals surface area contributed by atoms with E-state index in [0.717, 1.165) is 76.1 Å². The minimum Gasteiger partial charge on any atom is -0.469 e. The lowest BCUT2D eigenvalue weighted by molar-refractivity contribution is -0.145.